The third-order valence-electron chi connectivity index (χ3n) is 3.38. The van der Waals surface area contributed by atoms with E-state index in [9.17, 15) is 4.79 Å². The summed E-state index contributed by atoms with van der Waals surface area (Å²) in [6.45, 7) is 1.91. The molecule has 5 heteroatoms. The Balaban J connectivity index is 1.76. The van der Waals surface area contributed by atoms with E-state index in [1.807, 2.05) is 43.3 Å². The summed E-state index contributed by atoms with van der Waals surface area (Å²) in [7, 11) is 0. The Morgan fingerprint density at radius 1 is 1.04 bits per heavy atom. The second-order valence-corrected chi connectivity index (χ2v) is 5.49. The van der Waals surface area contributed by atoms with Crippen LogP contribution in [0.5, 0.6) is 0 Å². The van der Waals surface area contributed by atoms with Crippen LogP contribution in [0.4, 0.5) is 5.69 Å². The van der Waals surface area contributed by atoms with Crippen LogP contribution in [0, 0.1) is 6.92 Å². The van der Waals surface area contributed by atoms with Crippen LogP contribution in [0.15, 0.2) is 60.9 Å². The normalized spacial score (nSPS) is 10.3. The molecule has 0 aliphatic heterocycles. The predicted molar refractivity (Wildman–Crippen MR) is 91.6 cm³/mol. The van der Waals surface area contributed by atoms with Crippen molar-refractivity contribution in [2.45, 2.75) is 6.92 Å². The molecule has 2 aromatic carbocycles. The summed E-state index contributed by atoms with van der Waals surface area (Å²) in [6, 6.07) is 15.0. The molecule has 0 saturated carbocycles. The summed E-state index contributed by atoms with van der Waals surface area (Å²) < 4.78 is 0. The van der Waals surface area contributed by atoms with Gasteiger partial charge in [-0.1, -0.05) is 48.0 Å². The number of carbonyl (C=O) groups is 1. The standard InChI is InChI=1S/C18H14ClN3O/c1-12-7-8-15(9-16(12)19)22-18(23)14-10-20-17(21-11-14)13-5-3-2-4-6-13/h2-11H,1H3,(H,22,23). The van der Waals surface area contributed by atoms with Gasteiger partial charge in [-0.2, -0.15) is 0 Å². The van der Waals surface area contributed by atoms with E-state index >= 15 is 0 Å². The fraction of sp³-hybridized carbons (Fsp3) is 0.0556. The van der Waals surface area contributed by atoms with Gasteiger partial charge in [0.05, 0.1) is 5.56 Å². The average Bonchev–Trinajstić information content (AvgIpc) is 2.59. The van der Waals surface area contributed by atoms with Crippen LogP contribution < -0.4 is 5.32 Å². The molecular formula is C18H14ClN3O. The van der Waals surface area contributed by atoms with E-state index in [0.29, 0.717) is 22.1 Å². The number of nitrogens with zero attached hydrogens (tertiary/aromatic N) is 2. The largest absolute Gasteiger partial charge is 0.322 e. The smallest absolute Gasteiger partial charge is 0.258 e. The molecule has 0 radical (unpaired) electrons. The summed E-state index contributed by atoms with van der Waals surface area (Å²) in [6.07, 6.45) is 3.03. The third kappa shape index (κ3) is 3.55. The summed E-state index contributed by atoms with van der Waals surface area (Å²) in [4.78, 5) is 20.7. The summed E-state index contributed by atoms with van der Waals surface area (Å²) in [5.41, 5.74) is 2.89. The molecule has 1 heterocycles. The van der Waals surface area contributed by atoms with E-state index in [0.717, 1.165) is 11.1 Å². The molecule has 0 aliphatic rings. The van der Waals surface area contributed by atoms with Gasteiger partial charge in [0, 0.05) is 28.7 Å². The van der Waals surface area contributed by atoms with E-state index in [1.54, 1.807) is 12.1 Å². The Labute approximate surface area is 139 Å². The van der Waals surface area contributed by atoms with Crippen LogP contribution in [0.3, 0.4) is 0 Å². The number of halogens is 1. The lowest BCUT2D eigenvalue weighted by Crippen LogP contribution is -2.12. The second-order valence-electron chi connectivity index (χ2n) is 5.08. The van der Waals surface area contributed by atoms with E-state index in [2.05, 4.69) is 15.3 Å². The number of amides is 1. The van der Waals surface area contributed by atoms with Crippen molar-refractivity contribution in [3.63, 3.8) is 0 Å². The summed E-state index contributed by atoms with van der Waals surface area (Å²) >= 11 is 6.06. The maximum atomic E-state index is 12.2. The first-order valence-corrected chi connectivity index (χ1v) is 7.46. The molecule has 23 heavy (non-hydrogen) atoms. The van der Waals surface area contributed by atoms with Crippen LogP contribution in [0.25, 0.3) is 11.4 Å². The number of aryl methyl sites for hydroxylation is 1. The maximum Gasteiger partial charge on any atom is 0.258 e. The fourth-order valence-corrected chi connectivity index (χ4v) is 2.24. The molecule has 0 unspecified atom stereocenters. The molecule has 3 aromatic rings. The van der Waals surface area contributed by atoms with Crippen LogP contribution in [-0.4, -0.2) is 15.9 Å². The average molecular weight is 324 g/mol. The van der Waals surface area contributed by atoms with Crippen LogP contribution in [0.2, 0.25) is 5.02 Å². The first kappa shape index (κ1) is 15.2. The van der Waals surface area contributed by atoms with Gasteiger partial charge in [-0.15, -0.1) is 0 Å². The highest BCUT2D eigenvalue weighted by atomic mass is 35.5. The zero-order valence-corrected chi connectivity index (χ0v) is 13.2. The highest BCUT2D eigenvalue weighted by molar-refractivity contribution is 6.31. The number of hydrogen-bond donors (Lipinski definition) is 1. The number of rotatable bonds is 3. The molecule has 0 bridgehead atoms. The number of nitrogens with one attached hydrogen (secondary N) is 1. The van der Waals surface area contributed by atoms with E-state index in [-0.39, 0.29) is 5.91 Å². The van der Waals surface area contributed by atoms with Crippen molar-refractivity contribution >= 4 is 23.2 Å². The molecule has 1 amide bonds. The maximum absolute atomic E-state index is 12.2. The first-order chi connectivity index (χ1) is 11.1. The van der Waals surface area contributed by atoms with Crippen LogP contribution in [0.1, 0.15) is 15.9 Å². The van der Waals surface area contributed by atoms with Gasteiger partial charge in [0.15, 0.2) is 5.82 Å². The first-order valence-electron chi connectivity index (χ1n) is 7.08. The van der Waals surface area contributed by atoms with E-state index < -0.39 is 0 Å². The Morgan fingerprint density at radius 2 is 1.74 bits per heavy atom. The molecule has 3 rings (SSSR count). The van der Waals surface area contributed by atoms with Crippen molar-refractivity contribution in [1.29, 1.82) is 0 Å². The van der Waals surface area contributed by atoms with Gasteiger partial charge in [0.25, 0.3) is 5.91 Å². The highest BCUT2D eigenvalue weighted by Gasteiger charge is 2.09. The Bertz CT molecular complexity index is 833. The van der Waals surface area contributed by atoms with Crippen molar-refractivity contribution in [3.8, 4) is 11.4 Å². The molecule has 0 aliphatic carbocycles. The number of hydrogen-bond acceptors (Lipinski definition) is 3. The van der Waals surface area contributed by atoms with Gasteiger partial charge in [0.1, 0.15) is 0 Å². The molecule has 0 fully saturated rings. The predicted octanol–water partition coefficient (Wildman–Crippen LogP) is 4.36. The minimum atomic E-state index is -0.274. The van der Waals surface area contributed by atoms with Gasteiger partial charge in [0.2, 0.25) is 0 Å². The number of benzene rings is 2. The lowest BCUT2D eigenvalue weighted by atomic mass is 10.2. The van der Waals surface area contributed by atoms with Gasteiger partial charge < -0.3 is 5.32 Å². The fourth-order valence-electron chi connectivity index (χ4n) is 2.06. The minimum absolute atomic E-state index is 0.274. The Morgan fingerprint density at radius 3 is 2.39 bits per heavy atom. The zero-order valence-electron chi connectivity index (χ0n) is 12.5. The lowest BCUT2D eigenvalue weighted by molar-refractivity contribution is 0.102. The van der Waals surface area contributed by atoms with Crippen LogP contribution >= 0.6 is 11.6 Å². The van der Waals surface area contributed by atoms with E-state index in [1.165, 1.54) is 12.4 Å². The number of anilines is 1. The van der Waals surface area contributed by atoms with Gasteiger partial charge in [-0.3, -0.25) is 4.79 Å². The Kier molecular flexibility index (Phi) is 4.35. The quantitative estimate of drug-likeness (QED) is 0.779. The zero-order chi connectivity index (χ0) is 16.2. The molecule has 1 N–H and O–H groups in total. The van der Waals surface area contributed by atoms with E-state index in [4.69, 9.17) is 11.6 Å². The lowest BCUT2D eigenvalue weighted by Gasteiger charge is -2.07. The monoisotopic (exact) mass is 323 g/mol. The number of aromatic nitrogens is 2. The highest BCUT2D eigenvalue weighted by Crippen LogP contribution is 2.20. The molecular weight excluding hydrogens is 310 g/mol. The SMILES string of the molecule is Cc1ccc(NC(=O)c2cnc(-c3ccccc3)nc2)cc1Cl. The summed E-state index contributed by atoms with van der Waals surface area (Å²) in [5.74, 6) is 0.310. The van der Waals surface area contributed by atoms with Gasteiger partial charge >= 0.3 is 0 Å². The van der Waals surface area contributed by atoms with Crippen LogP contribution in [-0.2, 0) is 0 Å². The van der Waals surface area contributed by atoms with Crippen molar-refractivity contribution in [3.05, 3.63) is 77.1 Å². The number of carbonyl (C=O) groups excluding carboxylic acids is 1. The second kappa shape index (κ2) is 6.58. The third-order valence-corrected chi connectivity index (χ3v) is 3.78. The topological polar surface area (TPSA) is 54.9 Å². The molecule has 1 aromatic heterocycles. The van der Waals surface area contributed by atoms with Crippen molar-refractivity contribution in [2.75, 3.05) is 5.32 Å². The van der Waals surface area contributed by atoms with Crippen molar-refractivity contribution in [2.24, 2.45) is 0 Å². The molecule has 0 atom stereocenters. The molecule has 4 nitrogen and oxygen atoms in total. The van der Waals surface area contributed by atoms with Crippen molar-refractivity contribution in [1.82, 2.24) is 9.97 Å². The van der Waals surface area contributed by atoms with Gasteiger partial charge in [-0.05, 0) is 24.6 Å². The van der Waals surface area contributed by atoms with Gasteiger partial charge in [-0.25, -0.2) is 9.97 Å². The molecule has 114 valence electrons. The molecule has 0 spiro atoms. The summed E-state index contributed by atoms with van der Waals surface area (Å²) in [5, 5.41) is 3.39. The Hall–Kier alpha value is -2.72. The van der Waals surface area contributed by atoms with Crippen molar-refractivity contribution < 1.29 is 4.79 Å². The molecule has 0 saturated heterocycles. The minimum Gasteiger partial charge on any atom is -0.322 e.